The number of hydrogen-bond acceptors (Lipinski definition) is 4. The van der Waals surface area contributed by atoms with E-state index in [0.29, 0.717) is 35.8 Å². The van der Waals surface area contributed by atoms with Crippen LogP contribution in [0.2, 0.25) is 0 Å². The normalized spacial score (nSPS) is 13.9. The summed E-state index contributed by atoms with van der Waals surface area (Å²) in [5.74, 6) is 1.20. The number of aromatic amines is 1. The number of H-pyrrole nitrogens is 1. The second-order valence-corrected chi connectivity index (χ2v) is 6.64. The zero-order valence-electron chi connectivity index (χ0n) is 13.5. The summed E-state index contributed by atoms with van der Waals surface area (Å²) in [7, 11) is 0. The standard InChI is InChI=1S/C17H20N2O4/c1-17(2,3)16(21)18-9-11-6-10-7-13-14(23-5-4-22-13)8-12(10)19-15(11)20/h6-8H,4-5,9H2,1-3H3,(H,18,21)(H,19,20). The second kappa shape index (κ2) is 5.61. The van der Waals surface area contributed by atoms with Crippen molar-refractivity contribution in [1.82, 2.24) is 10.3 Å². The molecule has 2 heterocycles. The molecular weight excluding hydrogens is 296 g/mol. The lowest BCUT2D eigenvalue weighted by molar-refractivity contribution is -0.128. The highest BCUT2D eigenvalue weighted by molar-refractivity contribution is 5.84. The van der Waals surface area contributed by atoms with Crippen molar-refractivity contribution >= 4 is 16.8 Å². The third-order valence-corrected chi connectivity index (χ3v) is 3.70. The molecule has 1 aromatic heterocycles. The van der Waals surface area contributed by atoms with Crippen LogP contribution in [-0.4, -0.2) is 24.1 Å². The quantitative estimate of drug-likeness (QED) is 0.887. The molecule has 0 aliphatic carbocycles. The summed E-state index contributed by atoms with van der Waals surface area (Å²) < 4.78 is 11.1. The van der Waals surface area contributed by atoms with E-state index < -0.39 is 5.41 Å². The number of hydrogen-bond donors (Lipinski definition) is 2. The van der Waals surface area contributed by atoms with Gasteiger partial charge in [0.15, 0.2) is 11.5 Å². The minimum absolute atomic E-state index is 0.0980. The molecule has 0 radical (unpaired) electrons. The molecule has 1 aromatic carbocycles. The Labute approximate surface area is 133 Å². The first kappa shape index (κ1) is 15.4. The summed E-state index contributed by atoms with van der Waals surface area (Å²) in [5, 5.41) is 3.63. The van der Waals surface area contributed by atoms with Gasteiger partial charge < -0.3 is 19.8 Å². The Kier molecular flexibility index (Phi) is 3.75. The van der Waals surface area contributed by atoms with Crippen LogP contribution in [0.3, 0.4) is 0 Å². The highest BCUT2D eigenvalue weighted by Gasteiger charge is 2.21. The van der Waals surface area contributed by atoms with Crippen LogP contribution < -0.4 is 20.3 Å². The SMILES string of the molecule is CC(C)(C)C(=O)NCc1cc2cc3c(cc2[nH]c1=O)OCCO3. The molecular formula is C17H20N2O4. The summed E-state index contributed by atoms with van der Waals surface area (Å²) >= 11 is 0. The molecule has 1 aliphatic heterocycles. The summed E-state index contributed by atoms with van der Waals surface area (Å²) in [6.45, 7) is 6.69. The van der Waals surface area contributed by atoms with Gasteiger partial charge in [0.1, 0.15) is 13.2 Å². The molecule has 0 unspecified atom stereocenters. The Bertz CT molecular complexity index is 818. The monoisotopic (exact) mass is 316 g/mol. The van der Waals surface area contributed by atoms with E-state index in [1.54, 1.807) is 12.1 Å². The van der Waals surface area contributed by atoms with Gasteiger partial charge >= 0.3 is 0 Å². The van der Waals surface area contributed by atoms with E-state index in [2.05, 4.69) is 10.3 Å². The molecule has 0 saturated carbocycles. The van der Waals surface area contributed by atoms with Crippen molar-refractivity contribution in [1.29, 1.82) is 0 Å². The number of carbonyl (C=O) groups is 1. The number of ether oxygens (including phenoxy) is 2. The van der Waals surface area contributed by atoms with Crippen molar-refractivity contribution in [2.75, 3.05) is 13.2 Å². The highest BCUT2D eigenvalue weighted by Crippen LogP contribution is 2.33. The van der Waals surface area contributed by atoms with Crippen molar-refractivity contribution in [3.8, 4) is 11.5 Å². The molecule has 1 amide bonds. The van der Waals surface area contributed by atoms with Crippen molar-refractivity contribution in [2.45, 2.75) is 27.3 Å². The first-order valence-corrected chi connectivity index (χ1v) is 7.58. The van der Waals surface area contributed by atoms with Gasteiger partial charge in [0.25, 0.3) is 5.56 Å². The van der Waals surface area contributed by atoms with E-state index in [1.807, 2.05) is 26.8 Å². The molecule has 1 aliphatic rings. The van der Waals surface area contributed by atoms with Gasteiger partial charge in [-0.25, -0.2) is 0 Å². The van der Waals surface area contributed by atoms with Crippen LogP contribution in [0.5, 0.6) is 11.5 Å². The van der Waals surface area contributed by atoms with Crippen LogP contribution in [-0.2, 0) is 11.3 Å². The van der Waals surface area contributed by atoms with E-state index in [1.165, 1.54) is 0 Å². The summed E-state index contributed by atoms with van der Waals surface area (Å²) in [6, 6.07) is 5.38. The van der Waals surface area contributed by atoms with E-state index >= 15 is 0 Å². The van der Waals surface area contributed by atoms with Crippen molar-refractivity contribution < 1.29 is 14.3 Å². The summed E-state index contributed by atoms with van der Waals surface area (Å²) in [5.41, 5.74) is 0.480. The van der Waals surface area contributed by atoms with E-state index in [9.17, 15) is 9.59 Å². The maximum atomic E-state index is 12.2. The first-order chi connectivity index (χ1) is 10.8. The molecule has 0 bridgehead atoms. The molecule has 6 heteroatoms. The first-order valence-electron chi connectivity index (χ1n) is 7.58. The maximum absolute atomic E-state index is 12.2. The van der Waals surface area contributed by atoms with Gasteiger partial charge in [0.2, 0.25) is 5.91 Å². The lowest BCUT2D eigenvalue weighted by Crippen LogP contribution is -2.35. The number of fused-ring (bicyclic) bond motifs is 2. The van der Waals surface area contributed by atoms with Crippen molar-refractivity contribution in [3.63, 3.8) is 0 Å². The van der Waals surface area contributed by atoms with Gasteiger partial charge in [-0.05, 0) is 12.1 Å². The molecule has 0 spiro atoms. The van der Waals surface area contributed by atoms with Crippen LogP contribution in [0.15, 0.2) is 23.0 Å². The fraction of sp³-hybridized carbons (Fsp3) is 0.412. The Hall–Kier alpha value is -2.50. The molecule has 3 rings (SSSR count). The predicted octanol–water partition coefficient (Wildman–Crippen LogP) is 1.96. The zero-order chi connectivity index (χ0) is 16.6. The van der Waals surface area contributed by atoms with E-state index in [-0.39, 0.29) is 18.0 Å². The Morgan fingerprint density at radius 3 is 2.48 bits per heavy atom. The molecule has 6 nitrogen and oxygen atoms in total. The molecule has 23 heavy (non-hydrogen) atoms. The number of benzene rings is 1. The maximum Gasteiger partial charge on any atom is 0.253 e. The minimum atomic E-state index is -0.492. The van der Waals surface area contributed by atoms with Crippen LogP contribution in [0.4, 0.5) is 0 Å². The molecule has 2 aromatic rings. The van der Waals surface area contributed by atoms with Gasteiger partial charge in [0.05, 0.1) is 5.52 Å². The van der Waals surface area contributed by atoms with E-state index in [0.717, 1.165) is 5.39 Å². The lowest BCUT2D eigenvalue weighted by Gasteiger charge is -2.19. The third-order valence-electron chi connectivity index (χ3n) is 3.70. The van der Waals surface area contributed by atoms with Crippen LogP contribution in [0, 0.1) is 5.41 Å². The van der Waals surface area contributed by atoms with E-state index in [4.69, 9.17) is 9.47 Å². The Morgan fingerprint density at radius 1 is 1.17 bits per heavy atom. The van der Waals surface area contributed by atoms with Crippen LogP contribution >= 0.6 is 0 Å². The van der Waals surface area contributed by atoms with Crippen LogP contribution in [0.25, 0.3) is 10.9 Å². The number of nitrogens with one attached hydrogen (secondary N) is 2. The largest absolute Gasteiger partial charge is 0.486 e. The van der Waals surface area contributed by atoms with Crippen LogP contribution in [0.1, 0.15) is 26.3 Å². The molecule has 0 saturated heterocycles. The molecule has 2 N–H and O–H groups in total. The van der Waals surface area contributed by atoms with Gasteiger partial charge in [-0.15, -0.1) is 0 Å². The van der Waals surface area contributed by atoms with Crippen molar-refractivity contribution in [2.24, 2.45) is 5.41 Å². The third kappa shape index (κ3) is 3.16. The van der Waals surface area contributed by atoms with Crippen molar-refractivity contribution in [3.05, 3.63) is 34.1 Å². The number of rotatable bonds is 2. The highest BCUT2D eigenvalue weighted by atomic mass is 16.6. The minimum Gasteiger partial charge on any atom is -0.486 e. The van der Waals surface area contributed by atoms with Gasteiger partial charge in [0, 0.05) is 29.0 Å². The fourth-order valence-corrected chi connectivity index (χ4v) is 2.36. The fourth-order valence-electron chi connectivity index (χ4n) is 2.36. The number of pyridine rings is 1. The average Bonchev–Trinajstić information content (AvgIpc) is 2.49. The second-order valence-electron chi connectivity index (χ2n) is 6.64. The Morgan fingerprint density at radius 2 is 1.83 bits per heavy atom. The van der Waals surface area contributed by atoms with Gasteiger partial charge in [-0.3, -0.25) is 9.59 Å². The average molecular weight is 316 g/mol. The molecule has 122 valence electrons. The molecule has 0 fully saturated rings. The lowest BCUT2D eigenvalue weighted by atomic mass is 9.95. The summed E-state index contributed by atoms with van der Waals surface area (Å²) in [6.07, 6.45) is 0. The van der Waals surface area contributed by atoms with Gasteiger partial charge in [-0.1, -0.05) is 20.8 Å². The summed E-state index contributed by atoms with van der Waals surface area (Å²) in [4.78, 5) is 27.0. The number of amides is 1. The van der Waals surface area contributed by atoms with Gasteiger partial charge in [-0.2, -0.15) is 0 Å². The predicted molar refractivity (Wildman–Crippen MR) is 86.9 cm³/mol. The zero-order valence-corrected chi connectivity index (χ0v) is 13.5. The number of aromatic nitrogens is 1. The smallest absolute Gasteiger partial charge is 0.253 e. The molecule has 0 atom stereocenters. The Balaban J connectivity index is 1.91. The topological polar surface area (TPSA) is 80.4 Å². The number of carbonyl (C=O) groups excluding carboxylic acids is 1.